The van der Waals surface area contributed by atoms with E-state index in [1.165, 1.54) is 25.1 Å². The van der Waals surface area contributed by atoms with Crippen molar-refractivity contribution in [3.8, 4) is 11.5 Å². The Morgan fingerprint density at radius 2 is 1.68 bits per heavy atom. The van der Waals surface area contributed by atoms with Crippen molar-refractivity contribution in [2.75, 3.05) is 0 Å². The summed E-state index contributed by atoms with van der Waals surface area (Å²) in [6, 6.07) is 12.3. The van der Waals surface area contributed by atoms with E-state index in [0.29, 0.717) is 5.56 Å². The molecule has 1 saturated heterocycles. The molecule has 0 amide bonds. The summed E-state index contributed by atoms with van der Waals surface area (Å²) in [5.41, 5.74) is -0.630. The summed E-state index contributed by atoms with van der Waals surface area (Å²) in [5.74, 6) is -3.72. The Hall–Kier alpha value is -1.77. The van der Waals surface area contributed by atoms with E-state index in [1.54, 1.807) is 30.3 Å². The number of hydrogen-bond acceptors (Lipinski definition) is 11. The summed E-state index contributed by atoms with van der Waals surface area (Å²) in [6.07, 6.45) is -9.53. The van der Waals surface area contributed by atoms with Gasteiger partial charge in [-0.05, 0) is 30.7 Å². The molecule has 6 atom stereocenters. The van der Waals surface area contributed by atoms with E-state index in [4.69, 9.17) is 13.9 Å². The minimum absolute atomic E-state index is 0. The van der Waals surface area contributed by atoms with Crippen LogP contribution in [-0.2, 0) is 14.3 Å². The van der Waals surface area contributed by atoms with Gasteiger partial charge < -0.3 is 44.2 Å². The Balaban J connectivity index is 0.00000253. The third-order valence-electron chi connectivity index (χ3n) is 5.96. The normalized spacial score (nSPS) is 23.5. The van der Waals surface area contributed by atoms with Crippen molar-refractivity contribution in [1.82, 2.24) is 0 Å². The van der Waals surface area contributed by atoms with Crippen LogP contribution in [0.2, 0.25) is 0 Å². The number of ketones is 1. The van der Waals surface area contributed by atoms with Gasteiger partial charge in [-0.15, -0.1) is 0 Å². The number of ether oxygens (including phenoxy) is 2. The summed E-state index contributed by atoms with van der Waals surface area (Å²) in [5, 5.41) is 54.5. The number of aliphatic hydroxyl groups excluding tert-OH is 3. The van der Waals surface area contributed by atoms with Crippen molar-refractivity contribution in [2.24, 2.45) is 0 Å². The van der Waals surface area contributed by atoms with E-state index >= 15 is 0 Å². The van der Waals surface area contributed by atoms with Gasteiger partial charge in [0.1, 0.15) is 41.5 Å². The SMILES string of the molecule is CC(=O)CC(c1ccccc1)c1c([O-])c2cc(O[C@@H]3O[C@H](C(=O)[O-])[C@@H](O)[C@H](O)[C@H]3O)ccc2oc1=O.[Na+].[Na+]. The number of Topliss-reactive ketones (excluding diaryl/α,β-unsaturated/α-hetero) is 1. The molecule has 4 rings (SSSR count). The van der Waals surface area contributed by atoms with Crippen LogP contribution in [-0.4, -0.2) is 57.8 Å². The molecule has 0 radical (unpaired) electrons. The molecule has 1 aliphatic rings. The molecule has 2 aromatic carbocycles. The Labute approximate surface area is 260 Å². The summed E-state index contributed by atoms with van der Waals surface area (Å²) >= 11 is 0. The minimum Gasteiger partial charge on any atom is -0.872 e. The standard InChI is InChI=1S/C25H24O11.2Na/c1-11(26)9-14(12-5-3-2-4-6-12)17-18(27)15-10-13(7-8-16(15)35-24(17)33)34-25-21(30)19(28)20(29)22(36-25)23(31)32;;/h2-8,10,14,19-22,25,27-30H,9H2,1H3,(H,31,32);;/q;2*+1/p-2/t14?,19-,20-,21+,22-,25+;;/m0../s1. The van der Waals surface area contributed by atoms with Crippen LogP contribution in [0.5, 0.6) is 11.5 Å². The number of aliphatic carboxylic acids is 1. The fourth-order valence-electron chi connectivity index (χ4n) is 4.18. The van der Waals surface area contributed by atoms with Crippen LogP contribution in [0.25, 0.3) is 11.0 Å². The van der Waals surface area contributed by atoms with Crippen molar-refractivity contribution in [2.45, 2.75) is 50.0 Å². The maximum Gasteiger partial charge on any atom is 1.00 e. The Morgan fingerprint density at radius 1 is 1.03 bits per heavy atom. The molecule has 38 heavy (non-hydrogen) atoms. The fourth-order valence-corrected chi connectivity index (χ4v) is 4.18. The summed E-state index contributed by atoms with van der Waals surface area (Å²) in [7, 11) is 0. The van der Waals surface area contributed by atoms with Gasteiger partial charge in [-0.1, -0.05) is 36.1 Å². The second kappa shape index (κ2) is 13.5. The predicted molar refractivity (Wildman–Crippen MR) is 118 cm³/mol. The number of hydrogen-bond donors (Lipinski definition) is 3. The van der Waals surface area contributed by atoms with E-state index in [-0.39, 0.29) is 93.6 Å². The van der Waals surface area contributed by atoms with Crippen molar-refractivity contribution >= 4 is 22.7 Å². The number of benzene rings is 2. The molecule has 190 valence electrons. The van der Waals surface area contributed by atoms with Gasteiger partial charge in [0, 0.05) is 23.3 Å². The second-order valence-electron chi connectivity index (χ2n) is 8.49. The number of carbonyl (C=O) groups is 2. The molecule has 3 N–H and O–H groups in total. The number of carboxylic acid groups (broad SMARTS) is 1. The van der Waals surface area contributed by atoms with Gasteiger partial charge in [-0.2, -0.15) is 0 Å². The van der Waals surface area contributed by atoms with Crippen LogP contribution < -0.4 is 79.7 Å². The predicted octanol–water partition coefficient (Wildman–Crippen LogP) is -7.08. The number of rotatable bonds is 7. The van der Waals surface area contributed by atoms with Gasteiger partial charge in [-0.3, -0.25) is 4.79 Å². The summed E-state index contributed by atoms with van der Waals surface area (Å²) in [6.45, 7) is 1.34. The Morgan fingerprint density at radius 3 is 2.29 bits per heavy atom. The van der Waals surface area contributed by atoms with Gasteiger partial charge in [-0.25, -0.2) is 4.79 Å². The molecule has 1 unspecified atom stereocenters. The van der Waals surface area contributed by atoms with Gasteiger partial charge in [0.05, 0.1) is 5.97 Å². The zero-order chi connectivity index (χ0) is 26.1. The van der Waals surface area contributed by atoms with Gasteiger partial charge >= 0.3 is 64.7 Å². The molecule has 0 spiro atoms. The first-order chi connectivity index (χ1) is 17.1. The molecule has 1 aromatic heterocycles. The summed E-state index contributed by atoms with van der Waals surface area (Å²) < 4.78 is 15.8. The van der Waals surface area contributed by atoms with Crippen LogP contribution in [0.15, 0.2) is 57.7 Å². The van der Waals surface area contributed by atoms with Crippen LogP contribution in [0, 0.1) is 0 Å². The molecular formula is C25H22Na2O11. The monoisotopic (exact) mass is 544 g/mol. The smallest absolute Gasteiger partial charge is 0.872 e. The quantitative estimate of drug-likeness (QED) is 0.189. The van der Waals surface area contributed by atoms with E-state index in [0.717, 1.165) is 0 Å². The molecule has 1 aliphatic heterocycles. The Kier molecular flexibility index (Phi) is 11.6. The first-order valence-corrected chi connectivity index (χ1v) is 11.0. The average Bonchev–Trinajstić information content (AvgIpc) is 2.84. The van der Waals surface area contributed by atoms with Crippen molar-refractivity contribution < 1.29 is 108 Å². The maximum atomic E-state index is 13.4. The van der Waals surface area contributed by atoms with Crippen LogP contribution in [0.3, 0.4) is 0 Å². The molecule has 0 aliphatic carbocycles. The van der Waals surface area contributed by atoms with Gasteiger partial charge in [0.25, 0.3) is 0 Å². The number of carbonyl (C=O) groups excluding carboxylic acids is 2. The van der Waals surface area contributed by atoms with E-state index in [2.05, 4.69) is 0 Å². The minimum atomic E-state index is -1.98. The number of carboxylic acids is 1. The van der Waals surface area contributed by atoms with Crippen molar-refractivity contribution in [3.63, 3.8) is 0 Å². The first-order valence-electron chi connectivity index (χ1n) is 11.0. The van der Waals surface area contributed by atoms with E-state index in [9.17, 15) is 39.9 Å². The second-order valence-corrected chi connectivity index (χ2v) is 8.49. The Bertz CT molecular complexity index is 1340. The topological polar surface area (TPSA) is 190 Å². The largest absolute Gasteiger partial charge is 1.00 e. The van der Waals surface area contributed by atoms with Crippen molar-refractivity contribution in [1.29, 1.82) is 0 Å². The molecule has 13 heteroatoms. The van der Waals surface area contributed by atoms with Gasteiger partial charge in [0.15, 0.2) is 0 Å². The molecule has 0 saturated carbocycles. The van der Waals surface area contributed by atoms with Crippen LogP contribution in [0.1, 0.15) is 30.4 Å². The zero-order valence-electron chi connectivity index (χ0n) is 20.9. The van der Waals surface area contributed by atoms with Crippen LogP contribution >= 0.6 is 0 Å². The third kappa shape index (κ3) is 6.68. The molecule has 0 bridgehead atoms. The van der Waals surface area contributed by atoms with Gasteiger partial charge in [0.2, 0.25) is 6.29 Å². The number of aliphatic hydroxyl groups is 3. The molecule has 11 nitrogen and oxygen atoms in total. The number of fused-ring (bicyclic) bond motifs is 1. The molecule has 3 aromatic rings. The average molecular weight is 544 g/mol. The fraction of sp³-hybridized carbons (Fsp3) is 0.320. The summed E-state index contributed by atoms with van der Waals surface area (Å²) in [4.78, 5) is 35.9. The zero-order valence-corrected chi connectivity index (χ0v) is 24.9. The van der Waals surface area contributed by atoms with Crippen molar-refractivity contribution in [3.05, 3.63) is 70.1 Å². The third-order valence-corrected chi connectivity index (χ3v) is 5.96. The van der Waals surface area contributed by atoms with E-state index < -0.39 is 54.0 Å². The molecule has 1 fully saturated rings. The molecular weight excluding hydrogens is 522 g/mol. The maximum absolute atomic E-state index is 13.4. The first kappa shape index (κ1) is 32.4. The molecule has 2 heterocycles. The van der Waals surface area contributed by atoms with E-state index in [1.807, 2.05) is 0 Å². The van der Waals surface area contributed by atoms with Crippen LogP contribution in [0.4, 0.5) is 0 Å².